The lowest BCUT2D eigenvalue weighted by atomic mass is 9.90. The number of carbonyl (C=O) groups excluding carboxylic acids is 1. The number of aliphatic hydroxyl groups excluding tert-OH is 1. The lowest BCUT2D eigenvalue weighted by Crippen LogP contribution is -2.38. The topological polar surface area (TPSA) is 58.4 Å². The smallest absolute Gasteiger partial charge is 0.253 e. The zero-order valence-corrected chi connectivity index (χ0v) is 16.1. The molecule has 1 aliphatic rings. The third-order valence-corrected chi connectivity index (χ3v) is 5.49. The highest BCUT2D eigenvalue weighted by molar-refractivity contribution is 5.94. The van der Waals surface area contributed by atoms with Crippen LogP contribution < -0.4 is 0 Å². The van der Waals surface area contributed by atoms with Crippen molar-refractivity contribution in [2.75, 3.05) is 13.1 Å². The first-order valence-electron chi connectivity index (χ1n) is 9.76. The molecular formula is C23H25N3O2. The SMILES string of the molecule is Cc1cccc(C(=O)N2CCC(c3c(CO)cnn3-c3ccccc3)CC2)c1. The van der Waals surface area contributed by atoms with Crippen molar-refractivity contribution in [3.05, 3.63) is 83.2 Å². The molecule has 1 fully saturated rings. The number of aryl methyl sites for hydroxylation is 1. The van der Waals surface area contributed by atoms with E-state index in [0.717, 1.165) is 40.9 Å². The van der Waals surface area contributed by atoms with Crippen LogP contribution in [-0.2, 0) is 6.61 Å². The highest BCUT2D eigenvalue weighted by Crippen LogP contribution is 2.32. The van der Waals surface area contributed by atoms with Crippen LogP contribution in [0.4, 0.5) is 0 Å². The summed E-state index contributed by atoms with van der Waals surface area (Å²) in [6.45, 7) is 3.40. The van der Waals surface area contributed by atoms with Crippen molar-refractivity contribution in [1.29, 1.82) is 0 Å². The summed E-state index contributed by atoms with van der Waals surface area (Å²) in [4.78, 5) is 14.8. The van der Waals surface area contributed by atoms with Gasteiger partial charge in [-0.15, -0.1) is 0 Å². The molecule has 0 spiro atoms. The molecule has 5 nitrogen and oxygen atoms in total. The summed E-state index contributed by atoms with van der Waals surface area (Å²) in [5.41, 5.74) is 4.78. The average Bonchev–Trinajstić information content (AvgIpc) is 3.18. The zero-order chi connectivity index (χ0) is 19.5. The Morgan fingerprint density at radius 3 is 2.54 bits per heavy atom. The predicted octanol–water partition coefficient (Wildman–Crippen LogP) is 3.69. The van der Waals surface area contributed by atoms with Gasteiger partial charge in [-0.25, -0.2) is 4.68 Å². The maximum atomic E-state index is 12.8. The number of piperidine rings is 1. The van der Waals surface area contributed by atoms with Gasteiger partial charge in [0.15, 0.2) is 0 Å². The van der Waals surface area contributed by atoms with Crippen LogP contribution in [-0.4, -0.2) is 38.8 Å². The predicted molar refractivity (Wildman–Crippen MR) is 109 cm³/mol. The lowest BCUT2D eigenvalue weighted by Gasteiger charge is -2.33. The molecule has 5 heteroatoms. The van der Waals surface area contributed by atoms with Gasteiger partial charge in [-0.2, -0.15) is 5.10 Å². The average molecular weight is 375 g/mol. The number of hydrogen-bond acceptors (Lipinski definition) is 3. The molecular weight excluding hydrogens is 350 g/mol. The van der Waals surface area contributed by atoms with Gasteiger partial charge in [0.1, 0.15) is 0 Å². The van der Waals surface area contributed by atoms with Gasteiger partial charge in [0.05, 0.1) is 24.2 Å². The molecule has 1 saturated heterocycles. The first-order valence-corrected chi connectivity index (χ1v) is 9.76. The molecule has 0 bridgehead atoms. The van der Waals surface area contributed by atoms with Gasteiger partial charge < -0.3 is 10.0 Å². The number of para-hydroxylation sites is 1. The van der Waals surface area contributed by atoms with E-state index in [1.807, 2.05) is 71.1 Å². The van der Waals surface area contributed by atoms with Gasteiger partial charge >= 0.3 is 0 Å². The molecule has 1 N–H and O–H groups in total. The highest BCUT2D eigenvalue weighted by Gasteiger charge is 2.28. The summed E-state index contributed by atoms with van der Waals surface area (Å²) in [6.07, 6.45) is 3.48. The van der Waals surface area contributed by atoms with E-state index in [1.165, 1.54) is 0 Å². The minimum absolute atomic E-state index is 0.0232. The van der Waals surface area contributed by atoms with E-state index in [-0.39, 0.29) is 18.4 Å². The normalized spacial score (nSPS) is 15.0. The number of aliphatic hydroxyl groups is 1. The number of hydrogen-bond donors (Lipinski definition) is 1. The van der Waals surface area contributed by atoms with E-state index in [2.05, 4.69) is 5.10 Å². The molecule has 28 heavy (non-hydrogen) atoms. The molecule has 1 aliphatic heterocycles. The van der Waals surface area contributed by atoms with Gasteiger partial charge in [0.25, 0.3) is 5.91 Å². The Balaban J connectivity index is 1.53. The summed E-state index contributed by atoms with van der Waals surface area (Å²) in [6, 6.07) is 17.8. The van der Waals surface area contributed by atoms with Gasteiger partial charge in [-0.3, -0.25) is 4.79 Å². The summed E-state index contributed by atoms with van der Waals surface area (Å²) >= 11 is 0. The lowest BCUT2D eigenvalue weighted by molar-refractivity contribution is 0.0711. The molecule has 0 radical (unpaired) electrons. The molecule has 2 aromatic carbocycles. The van der Waals surface area contributed by atoms with Crippen LogP contribution in [0.1, 0.15) is 45.9 Å². The van der Waals surface area contributed by atoms with E-state index in [9.17, 15) is 9.90 Å². The van der Waals surface area contributed by atoms with Crippen LogP contribution in [0.2, 0.25) is 0 Å². The number of benzene rings is 2. The molecule has 2 heterocycles. The second-order valence-electron chi connectivity index (χ2n) is 7.40. The maximum absolute atomic E-state index is 12.8. The number of amides is 1. The number of likely N-dealkylation sites (tertiary alicyclic amines) is 1. The molecule has 1 amide bonds. The molecule has 3 aromatic rings. The Kier molecular flexibility index (Phi) is 5.26. The molecule has 0 saturated carbocycles. The quantitative estimate of drug-likeness (QED) is 0.757. The van der Waals surface area contributed by atoms with Crippen molar-refractivity contribution in [2.45, 2.75) is 32.3 Å². The monoisotopic (exact) mass is 375 g/mol. The first-order chi connectivity index (χ1) is 13.7. The largest absolute Gasteiger partial charge is 0.392 e. The van der Waals surface area contributed by atoms with Gasteiger partial charge in [0, 0.05) is 30.1 Å². The third-order valence-electron chi connectivity index (χ3n) is 5.49. The van der Waals surface area contributed by atoms with Crippen molar-refractivity contribution >= 4 is 5.91 Å². The molecule has 4 rings (SSSR count). The number of nitrogens with zero attached hydrogens (tertiary/aromatic N) is 3. The van der Waals surface area contributed by atoms with E-state index in [0.29, 0.717) is 13.1 Å². The van der Waals surface area contributed by atoms with Crippen LogP contribution in [0, 0.1) is 6.92 Å². The van der Waals surface area contributed by atoms with Gasteiger partial charge in [-0.05, 0) is 44.0 Å². The minimum Gasteiger partial charge on any atom is -0.392 e. The summed E-state index contributed by atoms with van der Waals surface area (Å²) in [5, 5.41) is 14.3. The Labute approximate surface area is 165 Å². The fraction of sp³-hybridized carbons (Fsp3) is 0.304. The molecule has 0 aliphatic carbocycles. The molecule has 1 aromatic heterocycles. The van der Waals surface area contributed by atoms with E-state index < -0.39 is 0 Å². The standard InChI is InChI=1S/C23H25N3O2/c1-17-6-5-7-19(14-17)23(28)25-12-10-18(11-13-25)22-20(16-27)15-24-26(22)21-8-3-2-4-9-21/h2-9,14-15,18,27H,10-13,16H2,1H3. The van der Waals surface area contributed by atoms with Crippen LogP contribution in [0.15, 0.2) is 60.8 Å². The van der Waals surface area contributed by atoms with Crippen molar-refractivity contribution in [2.24, 2.45) is 0 Å². The van der Waals surface area contributed by atoms with Crippen molar-refractivity contribution < 1.29 is 9.90 Å². The van der Waals surface area contributed by atoms with Crippen molar-refractivity contribution in [3.63, 3.8) is 0 Å². The van der Waals surface area contributed by atoms with Gasteiger partial charge in [0.2, 0.25) is 0 Å². The summed E-state index contributed by atoms with van der Waals surface area (Å²) < 4.78 is 1.94. The molecule has 0 atom stereocenters. The Morgan fingerprint density at radius 2 is 1.86 bits per heavy atom. The number of aromatic nitrogens is 2. The second-order valence-corrected chi connectivity index (χ2v) is 7.40. The number of rotatable bonds is 4. The zero-order valence-electron chi connectivity index (χ0n) is 16.1. The number of carbonyl (C=O) groups is 1. The molecule has 144 valence electrons. The third kappa shape index (κ3) is 3.58. The van der Waals surface area contributed by atoms with Crippen molar-refractivity contribution in [3.8, 4) is 5.69 Å². The Morgan fingerprint density at radius 1 is 1.11 bits per heavy atom. The van der Waals surface area contributed by atoms with E-state index in [1.54, 1.807) is 6.20 Å². The molecule has 0 unspecified atom stereocenters. The van der Waals surface area contributed by atoms with Crippen LogP contribution in [0.3, 0.4) is 0 Å². The van der Waals surface area contributed by atoms with Crippen LogP contribution >= 0.6 is 0 Å². The van der Waals surface area contributed by atoms with E-state index in [4.69, 9.17) is 0 Å². The first kappa shape index (κ1) is 18.4. The summed E-state index contributed by atoms with van der Waals surface area (Å²) in [7, 11) is 0. The maximum Gasteiger partial charge on any atom is 0.253 e. The Bertz CT molecular complexity index is 957. The summed E-state index contributed by atoms with van der Waals surface area (Å²) in [5.74, 6) is 0.368. The van der Waals surface area contributed by atoms with E-state index >= 15 is 0 Å². The highest BCUT2D eigenvalue weighted by atomic mass is 16.3. The van der Waals surface area contributed by atoms with Gasteiger partial charge in [-0.1, -0.05) is 35.9 Å². The fourth-order valence-electron chi connectivity index (χ4n) is 4.04. The second kappa shape index (κ2) is 7.98. The Hall–Kier alpha value is -2.92. The van der Waals surface area contributed by atoms with Crippen LogP contribution in [0.5, 0.6) is 0 Å². The fourth-order valence-corrected chi connectivity index (χ4v) is 4.04. The van der Waals surface area contributed by atoms with Crippen LogP contribution in [0.25, 0.3) is 5.69 Å². The minimum atomic E-state index is -0.0232. The van der Waals surface area contributed by atoms with Crippen molar-refractivity contribution in [1.82, 2.24) is 14.7 Å².